The molecule has 0 spiro atoms. The van der Waals surface area contributed by atoms with Crippen molar-refractivity contribution >= 4 is 16.2 Å². The molecule has 128 valence electrons. The van der Waals surface area contributed by atoms with Gasteiger partial charge in [0.25, 0.3) is 10.1 Å². The molecule has 0 bridgehead atoms. The molecule has 2 aromatic rings. The average molecular weight is 350 g/mol. The first-order valence-corrected chi connectivity index (χ1v) is 9.40. The van der Waals surface area contributed by atoms with E-state index < -0.39 is 10.1 Å². The minimum Gasteiger partial charge on any atom is -0.282 e. The molecule has 0 fully saturated rings. The Kier molecular flexibility index (Phi) is 4.82. The molecule has 1 heterocycles. The van der Waals surface area contributed by atoms with Crippen LogP contribution in [0.2, 0.25) is 0 Å². The van der Waals surface area contributed by atoms with Crippen molar-refractivity contribution in [3.8, 4) is 0 Å². The van der Waals surface area contributed by atoms with E-state index in [2.05, 4.69) is 10.2 Å². The van der Waals surface area contributed by atoms with Gasteiger partial charge < -0.3 is 0 Å². The summed E-state index contributed by atoms with van der Waals surface area (Å²) in [6, 6.07) is 6.58. The fraction of sp³-hybridized carbons (Fsp3) is 0.353. The van der Waals surface area contributed by atoms with Crippen LogP contribution in [0, 0.1) is 5.82 Å². The first-order valence-electron chi connectivity index (χ1n) is 7.89. The monoisotopic (exact) mass is 350 g/mol. The summed E-state index contributed by atoms with van der Waals surface area (Å²) < 4.78 is 44.1. The molecule has 0 aliphatic heterocycles. The van der Waals surface area contributed by atoms with Crippen LogP contribution < -0.4 is 0 Å². The lowest BCUT2D eigenvalue weighted by atomic mass is 9.91. The highest BCUT2D eigenvalue weighted by atomic mass is 32.2. The van der Waals surface area contributed by atoms with Crippen molar-refractivity contribution in [1.82, 2.24) is 10.2 Å². The second-order valence-electron chi connectivity index (χ2n) is 6.10. The van der Waals surface area contributed by atoms with Crippen molar-refractivity contribution in [3.63, 3.8) is 0 Å². The van der Waals surface area contributed by atoms with E-state index in [1.807, 2.05) is 6.07 Å². The van der Waals surface area contributed by atoms with Gasteiger partial charge in [0.1, 0.15) is 5.82 Å². The van der Waals surface area contributed by atoms with E-state index in [9.17, 15) is 12.8 Å². The van der Waals surface area contributed by atoms with Gasteiger partial charge in [-0.25, -0.2) is 4.39 Å². The van der Waals surface area contributed by atoms with Crippen LogP contribution >= 0.6 is 0 Å². The predicted octanol–water partition coefficient (Wildman–Crippen LogP) is 3.46. The number of fused-ring (bicyclic) bond motifs is 1. The van der Waals surface area contributed by atoms with Gasteiger partial charge in [0.05, 0.1) is 11.1 Å². The summed E-state index contributed by atoms with van der Waals surface area (Å²) in [5.41, 5.74) is 3.42. The molecular formula is C17H19FN2O3S. The molecule has 0 radical (unpaired) electrons. The minimum absolute atomic E-state index is 0.185. The molecule has 5 nitrogen and oxygen atoms in total. The highest BCUT2D eigenvalue weighted by Gasteiger charge is 2.23. The van der Waals surface area contributed by atoms with Crippen molar-refractivity contribution < 1.29 is 17.4 Å². The van der Waals surface area contributed by atoms with Crippen LogP contribution in [-0.4, -0.2) is 23.2 Å². The molecule has 0 amide bonds. The lowest BCUT2D eigenvalue weighted by Gasteiger charge is -2.14. The SMILES string of the molecule is O=S(=O)(O)/C=C/c1n[nH]c2c1CCCCC2Cc1cccc(F)c1. The van der Waals surface area contributed by atoms with Gasteiger partial charge in [-0.1, -0.05) is 18.6 Å². The Hall–Kier alpha value is -1.99. The zero-order valence-electron chi connectivity index (χ0n) is 13.1. The second-order valence-corrected chi connectivity index (χ2v) is 7.40. The quantitative estimate of drug-likeness (QED) is 0.653. The van der Waals surface area contributed by atoms with Crippen LogP contribution in [-0.2, 0) is 23.0 Å². The normalized spacial score (nSPS) is 18.5. The van der Waals surface area contributed by atoms with Gasteiger partial charge in [0, 0.05) is 17.2 Å². The third-order valence-electron chi connectivity index (χ3n) is 4.34. The number of benzene rings is 1. The summed E-state index contributed by atoms with van der Waals surface area (Å²) in [7, 11) is -4.18. The van der Waals surface area contributed by atoms with Crippen molar-refractivity contribution in [3.05, 3.63) is 58.0 Å². The molecule has 2 N–H and O–H groups in total. The Morgan fingerprint density at radius 1 is 1.38 bits per heavy atom. The Morgan fingerprint density at radius 2 is 2.21 bits per heavy atom. The molecule has 0 saturated carbocycles. The fourth-order valence-electron chi connectivity index (χ4n) is 3.27. The molecule has 7 heteroatoms. The van der Waals surface area contributed by atoms with E-state index in [4.69, 9.17) is 4.55 Å². The summed E-state index contributed by atoms with van der Waals surface area (Å²) in [5.74, 6) is -0.0626. The lowest BCUT2D eigenvalue weighted by Crippen LogP contribution is -2.04. The Balaban J connectivity index is 1.90. The number of aromatic nitrogens is 2. The van der Waals surface area contributed by atoms with Crippen LogP contribution in [0.15, 0.2) is 29.7 Å². The summed E-state index contributed by atoms with van der Waals surface area (Å²) in [6.07, 6.45) is 5.82. The summed E-state index contributed by atoms with van der Waals surface area (Å²) in [5, 5.41) is 7.95. The molecule has 0 saturated heterocycles. The van der Waals surface area contributed by atoms with Crippen LogP contribution in [0.25, 0.3) is 6.08 Å². The molecule has 1 unspecified atom stereocenters. The minimum atomic E-state index is -4.18. The van der Waals surface area contributed by atoms with E-state index in [0.717, 1.165) is 47.9 Å². The zero-order valence-corrected chi connectivity index (χ0v) is 13.9. The van der Waals surface area contributed by atoms with Gasteiger partial charge in [-0.3, -0.25) is 9.65 Å². The number of nitrogens with zero attached hydrogens (tertiary/aromatic N) is 1. The third kappa shape index (κ3) is 4.10. The first kappa shape index (κ1) is 16.9. The highest BCUT2D eigenvalue weighted by molar-refractivity contribution is 7.88. The van der Waals surface area contributed by atoms with Crippen LogP contribution in [0.5, 0.6) is 0 Å². The van der Waals surface area contributed by atoms with E-state index >= 15 is 0 Å². The molecule has 24 heavy (non-hydrogen) atoms. The van der Waals surface area contributed by atoms with E-state index in [0.29, 0.717) is 12.1 Å². The first-order chi connectivity index (χ1) is 11.4. The molecule has 1 aromatic heterocycles. The Morgan fingerprint density at radius 3 is 2.96 bits per heavy atom. The number of hydrogen-bond acceptors (Lipinski definition) is 3. The highest BCUT2D eigenvalue weighted by Crippen LogP contribution is 2.33. The maximum absolute atomic E-state index is 13.4. The summed E-state index contributed by atoms with van der Waals surface area (Å²) in [4.78, 5) is 0. The predicted molar refractivity (Wildman–Crippen MR) is 89.6 cm³/mol. The lowest BCUT2D eigenvalue weighted by molar-refractivity contribution is 0.494. The van der Waals surface area contributed by atoms with Crippen molar-refractivity contribution in [1.29, 1.82) is 0 Å². The summed E-state index contributed by atoms with van der Waals surface area (Å²) >= 11 is 0. The number of halogens is 1. The van der Waals surface area contributed by atoms with Crippen LogP contribution in [0.3, 0.4) is 0 Å². The van der Waals surface area contributed by atoms with Crippen molar-refractivity contribution in [2.45, 2.75) is 38.0 Å². The number of H-pyrrole nitrogens is 1. The van der Waals surface area contributed by atoms with Gasteiger partial charge in [-0.15, -0.1) is 0 Å². The van der Waals surface area contributed by atoms with E-state index in [1.54, 1.807) is 12.1 Å². The van der Waals surface area contributed by atoms with Gasteiger partial charge in [-0.2, -0.15) is 13.5 Å². The third-order valence-corrected chi connectivity index (χ3v) is 4.82. The van der Waals surface area contributed by atoms with Gasteiger partial charge in [0.15, 0.2) is 0 Å². The molecule has 1 aliphatic rings. The van der Waals surface area contributed by atoms with Gasteiger partial charge in [0.2, 0.25) is 0 Å². The zero-order chi connectivity index (χ0) is 17.2. The summed E-state index contributed by atoms with van der Waals surface area (Å²) in [6.45, 7) is 0. The van der Waals surface area contributed by atoms with E-state index in [1.165, 1.54) is 12.1 Å². The molecular weight excluding hydrogens is 331 g/mol. The smallest absolute Gasteiger partial charge is 0.282 e. The number of hydrogen-bond donors (Lipinski definition) is 2. The number of rotatable bonds is 4. The van der Waals surface area contributed by atoms with Crippen LogP contribution in [0.1, 0.15) is 47.7 Å². The maximum atomic E-state index is 13.4. The second kappa shape index (κ2) is 6.86. The molecule has 1 atom stereocenters. The van der Waals surface area contributed by atoms with Gasteiger partial charge in [-0.05, 0) is 49.5 Å². The van der Waals surface area contributed by atoms with E-state index in [-0.39, 0.29) is 11.7 Å². The average Bonchev–Trinajstić information content (AvgIpc) is 2.80. The maximum Gasteiger partial charge on any atom is 0.287 e. The number of nitrogens with one attached hydrogen (secondary N) is 1. The van der Waals surface area contributed by atoms with Crippen molar-refractivity contribution in [2.75, 3.05) is 0 Å². The molecule has 3 rings (SSSR count). The fourth-order valence-corrected chi connectivity index (χ4v) is 3.57. The molecule has 1 aromatic carbocycles. The van der Waals surface area contributed by atoms with Gasteiger partial charge >= 0.3 is 0 Å². The number of aromatic amines is 1. The van der Waals surface area contributed by atoms with Crippen LogP contribution in [0.4, 0.5) is 4.39 Å². The Bertz CT molecular complexity index is 858. The largest absolute Gasteiger partial charge is 0.287 e. The standard InChI is InChI=1S/C17H19FN2O3S/c18-14-6-3-4-12(11-14)10-13-5-1-2-7-15-16(19-20-17(13)15)8-9-24(21,22)23/h3-4,6,8-9,11,13H,1-2,5,7,10H2,(H,19,20)(H,21,22,23)/b9-8+. The topological polar surface area (TPSA) is 83.1 Å². The Labute approximate surface area is 140 Å². The van der Waals surface area contributed by atoms with Crippen molar-refractivity contribution in [2.24, 2.45) is 0 Å². The molecule has 1 aliphatic carbocycles.